The quantitative estimate of drug-likeness (QED) is 0.820. The summed E-state index contributed by atoms with van der Waals surface area (Å²) in [4.78, 5) is 14.0. The largest absolute Gasteiger partial charge is 0.360 e. The van der Waals surface area contributed by atoms with E-state index in [1.807, 2.05) is 26.0 Å². The highest BCUT2D eigenvalue weighted by Gasteiger charge is 2.26. The first-order valence-electron chi connectivity index (χ1n) is 6.22. The van der Waals surface area contributed by atoms with Gasteiger partial charge in [-0.1, -0.05) is 30.7 Å². The van der Waals surface area contributed by atoms with Crippen LogP contribution in [0.4, 0.5) is 5.69 Å². The molecule has 0 radical (unpaired) electrons. The molecule has 2 nitrogen and oxygen atoms in total. The minimum atomic E-state index is -0.0704. The van der Waals surface area contributed by atoms with Crippen LogP contribution in [-0.2, 0) is 11.2 Å². The second-order valence-corrected chi connectivity index (χ2v) is 4.95. The average molecular weight is 252 g/mol. The van der Waals surface area contributed by atoms with E-state index in [0.29, 0.717) is 6.42 Å². The Morgan fingerprint density at radius 1 is 1.53 bits per heavy atom. The van der Waals surface area contributed by atoms with Gasteiger partial charge in [0.1, 0.15) is 0 Å². The summed E-state index contributed by atoms with van der Waals surface area (Å²) < 4.78 is 0. The van der Waals surface area contributed by atoms with Gasteiger partial charge in [-0.2, -0.15) is 0 Å². The fourth-order valence-corrected chi connectivity index (χ4v) is 2.79. The topological polar surface area (TPSA) is 20.3 Å². The van der Waals surface area contributed by atoms with Gasteiger partial charge in [0.15, 0.2) is 5.78 Å². The van der Waals surface area contributed by atoms with E-state index in [2.05, 4.69) is 11.0 Å². The van der Waals surface area contributed by atoms with E-state index in [1.165, 1.54) is 5.56 Å². The predicted molar refractivity (Wildman–Crippen MR) is 71.9 cm³/mol. The molecule has 2 rings (SSSR count). The second-order valence-electron chi connectivity index (χ2n) is 4.54. The smallest absolute Gasteiger partial charge is 0.154 e. The second kappa shape index (κ2) is 5.09. The molecule has 0 spiro atoms. The van der Waals surface area contributed by atoms with Crippen LogP contribution in [0.25, 0.3) is 0 Å². The lowest BCUT2D eigenvalue weighted by Gasteiger charge is -2.36. The van der Waals surface area contributed by atoms with Crippen LogP contribution in [0.1, 0.15) is 32.3 Å². The Morgan fingerprint density at radius 3 is 3.00 bits per heavy atom. The first-order chi connectivity index (χ1) is 8.15. The number of anilines is 1. The molecular formula is C14H18ClNO. The zero-order valence-electron chi connectivity index (χ0n) is 10.4. The van der Waals surface area contributed by atoms with E-state index in [-0.39, 0.29) is 11.8 Å². The van der Waals surface area contributed by atoms with Gasteiger partial charge < -0.3 is 4.90 Å². The lowest BCUT2D eigenvalue weighted by Crippen LogP contribution is -2.42. The molecule has 1 aliphatic heterocycles. The van der Waals surface area contributed by atoms with E-state index >= 15 is 0 Å². The summed E-state index contributed by atoms with van der Waals surface area (Å²) in [6, 6.07) is 5.92. The molecule has 92 valence electrons. The van der Waals surface area contributed by atoms with Crippen molar-refractivity contribution in [1.82, 2.24) is 0 Å². The van der Waals surface area contributed by atoms with E-state index in [4.69, 9.17) is 11.6 Å². The summed E-state index contributed by atoms with van der Waals surface area (Å²) in [5.41, 5.74) is 2.33. The van der Waals surface area contributed by atoms with Gasteiger partial charge in [-0.05, 0) is 31.4 Å². The van der Waals surface area contributed by atoms with Crippen LogP contribution in [-0.4, -0.2) is 18.4 Å². The van der Waals surface area contributed by atoms with Crippen LogP contribution < -0.4 is 4.90 Å². The molecule has 0 amide bonds. The molecule has 0 aromatic heterocycles. The molecular weight excluding hydrogens is 234 g/mol. The van der Waals surface area contributed by atoms with E-state index in [0.717, 1.165) is 30.1 Å². The van der Waals surface area contributed by atoms with Crippen molar-refractivity contribution >= 4 is 23.1 Å². The van der Waals surface area contributed by atoms with Crippen LogP contribution in [0.15, 0.2) is 18.2 Å². The predicted octanol–water partition coefficient (Wildman–Crippen LogP) is 3.46. The molecule has 3 heteroatoms. The van der Waals surface area contributed by atoms with Gasteiger partial charge in [0.05, 0.1) is 16.8 Å². The van der Waals surface area contributed by atoms with Crippen LogP contribution in [0.2, 0.25) is 5.02 Å². The zero-order valence-corrected chi connectivity index (χ0v) is 11.1. The third-order valence-corrected chi connectivity index (χ3v) is 3.79. The van der Waals surface area contributed by atoms with Crippen molar-refractivity contribution in [3.63, 3.8) is 0 Å². The molecule has 1 aromatic rings. The molecule has 1 atom stereocenters. The minimum absolute atomic E-state index is 0.0704. The molecule has 1 heterocycles. The van der Waals surface area contributed by atoms with Gasteiger partial charge in [0, 0.05) is 13.0 Å². The molecule has 0 saturated heterocycles. The van der Waals surface area contributed by atoms with E-state index in [1.54, 1.807) is 0 Å². The van der Waals surface area contributed by atoms with E-state index < -0.39 is 0 Å². The highest BCUT2D eigenvalue weighted by atomic mass is 35.5. The molecule has 1 aliphatic rings. The third-order valence-electron chi connectivity index (χ3n) is 3.48. The van der Waals surface area contributed by atoms with Crippen molar-refractivity contribution in [2.24, 2.45) is 0 Å². The fourth-order valence-electron chi connectivity index (χ4n) is 2.49. The maximum absolute atomic E-state index is 11.8. The summed E-state index contributed by atoms with van der Waals surface area (Å²) >= 11 is 6.28. The molecule has 1 aromatic carbocycles. The standard InChI is InChI=1S/C14H18ClNO/c1-3-13(17)10(2)16-9-5-7-11-6-4-8-12(15)14(11)16/h4,6,8,10H,3,5,7,9H2,1-2H3. The van der Waals surface area contributed by atoms with Crippen molar-refractivity contribution in [2.75, 3.05) is 11.4 Å². The maximum Gasteiger partial charge on any atom is 0.154 e. The molecule has 0 aliphatic carbocycles. The average Bonchev–Trinajstić information content (AvgIpc) is 2.36. The van der Waals surface area contributed by atoms with Gasteiger partial charge in [-0.15, -0.1) is 0 Å². The summed E-state index contributed by atoms with van der Waals surface area (Å²) in [6.45, 7) is 4.81. The highest BCUT2D eigenvalue weighted by Crippen LogP contribution is 2.35. The Kier molecular flexibility index (Phi) is 3.72. The Balaban J connectivity index is 2.37. The number of aryl methyl sites for hydroxylation is 1. The number of fused-ring (bicyclic) bond motifs is 1. The van der Waals surface area contributed by atoms with Crippen LogP contribution in [0.3, 0.4) is 0 Å². The number of hydrogen-bond donors (Lipinski definition) is 0. The number of benzene rings is 1. The number of Topliss-reactive ketones (excluding diaryl/α,β-unsaturated/α-hetero) is 1. The molecule has 0 bridgehead atoms. The van der Waals surface area contributed by atoms with Crippen molar-refractivity contribution < 1.29 is 4.79 Å². The van der Waals surface area contributed by atoms with Crippen LogP contribution in [0, 0.1) is 0 Å². The number of halogens is 1. The number of carbonyl (C=O) groups is 1. The fraction of sp³-hybridized carbons (Fsp3) is 0.500. The monoisotopic (exact) mass is 251 g/mol. The Morgan fingerprint density at radius 2 is 2.29 bits per heavy atom. The third kappa shape index (κ3) is 2.32. The van der Waals surface area contributed by atoms with Crippen LogP contribution in [0.5, 0.6) is 0 Å². The summed E-state index contributed by atoms with van der Waals surface area (Å²) in [5, 5.41) is 0.762. The molecule has 0 fully saturated rings. The van der Waals surface area contributed by atoms with Crippen LogP contribution >= 0.6 is 11.6 Å². The number of ketones is 1. The Hall–Kier alpha value is -1.02. The zero-order chi connectivity index (χ0) is 12.4. The summed E-state index contributed by atoms with van der Waals surface area (Å²) in [7, 11) is 0. The molecule has 17 heavy (non-hydrogen) atoms. The normalized spacial score (nSPS) is 16.5. The Bertz CT molecular complexity index is 430. The molecule has 1 unspecified atom stereocenters. The first kappa shape index (κ1) is 12.4. The highest BCUT2D eigenvalue weighted by molar-refractivity contribution is 6.33. The lowest BCUT2D eigenvalue weighted by molar-refractivity contribution is -0.119. The number of carbonyl (C=O) groups excluding carboxylic acids is 1. The SMILES string of the molecule is CCC(=O)C(C)N1CCCc2cccc(Cl)c21. The molecule has 0 N–H and O–H groups in total. The lowest BCUT2D eigenvalue weighted by atomic mass is 9.98. The maximum atomic E-state index is 11.8. The van der Waals surface area contributed by atoms with Gasteiger partial charge in [-0.25, -0.2) is 0 Å². The van der Waals surface area contributed by atoms with Gasteiger partial charge in [0.2, 0.25) is 0 Å². The van der Waals surface area contributed by atoms with Crippen molar-refractivity contribution in [3.8, 4) is 0 Å². The summed E-state index contributed by atoms with van der Waals surface area (Å²) in [6.07, 6.45) is 2.73. The van der Waals surface area contributed by atoms with Crippen molar-refractivity contribution in [3.05, 3.63) is 28.8 Å². The van der Waals surface area contributed by atoms with Crippen molar-refractivity contribution in [1.29, 1.82) is 0 Å². The number of nitrogens with zero attached hydrogens (tertiary/aromatic N) is 1. The number of rotatable bonds is 3. The summed E-state index contributed by atoms with van der Waals surface area (Å²) in [5.74, 6) is 0.276. The molecule has 0 saturated carbocycles. The Labute approximate surface area is 108 Å². The van der Waals surface area contributed by atoms with Crippen molar-refractivity contribution in [2.45, 2.75) is 39.2 Å². The van der Waals surface area contributed by atoms with Gasteiger partial charge in [0.25, 0.3) is 0 Å². The number of para-hydroxylation sites is 1. The number of hydrogen-bond acceptors (Lipinski definition) is 2. The van der Waals surface area contributed by atoms with Gasteiger partial charge >= 0.3 is 0 Å². The van der Waals surface area contributed by atoms with Gasteiger partial charge in [-0.3, -0.25) is 4.79 Å². The van der Waals surface area contributed by atoms with E-state index in [9.17, 15) is 4.79 Å². The minimum Gasteiger partial charge on any atom is -0.360 e. The first-order valence-corrected chi connectivity index (χ1v) is 6.59.